The van der Waals surface area contributed by atoms with Crippen LogP contribution in [0, 0.1) is 11.6 Å². The first-order valence-corrected chi connectivity index (χ1v) is 3.96. The first kappa shape index (κ1) is 10.4. The number of nitrogens with two attached hydrogens (primary N) is 1. The molecule has 76 valence electrons. The van der Waals surface area contributed by atoms with Gasteiger partial charge in [0.2, 0.25) is 5.91 Å². The van der Waals surface area contributed by atoms with E-state index in [1.165, 1.54) is 6.07 Å². The summed E-state index contributed by atoms with van der Waals surface area (Å²) in [5.74, 6) is -2.65. The number of hydrogen-bond acceptors (Lipinski definition) is 2. The molecule has 0 aromatic heterocycles. The van der Waals surface area contributed by atoms with E-state index in [1.54, 1.807) is 0 Å². The lowest BCUT2D eigenvalue weighted by Gasteiger charge is -2.06. The van der Waals surface area contributed by atoms with Crippen molar-refractivity contribution in [1.82, 2.24) is 0 Å². The van der Waals surface area contributed by atoms with Crippen molar-refractivity contribution in [3.8, 4) is 5.75 Å². The monoisotopic (exact) mass is 201 g/mol. The summed E-state index contributed by atoms with van der Waals surface area (Å²) in [6.45, 7) is -0.132. The number of benzene rings is 1. The molecule has 0 spiro atoms. The van der Waals surface area contributed by atoms with E-state index in [0.29, 0.717) is 0 Å². The molecule has 0 saturated carbocycles. The zero-order chi connectivity index (χ0) is 10.6. The Labute approximate surface area is 79.5 Å². The predicted molar refractivity (Wildman–Crippen MR) is 45.7 cm³/mol. The van der Waals surface area contributed by atoms with E-state index in [-0.39, 0.29) is 13.0 Å². The van der Waals surface area contributed by atoms with Gasteiger partial charge in [-0.1, -0.05) is 6.07 Å². The van der Waals surface area contributed by atoms with Gasteiger partial charge >= 0.3 is 0 Å². The number of amides is 1. The quantitative estimate of drug-likeness (QED) is 0.796. The molecule has 0 unspecified atom stereocenters. The average Bonchev–Trinajstić information content (AvgIpc) is 2.09. The molecule has 0 bridgehead atoms. The molecule has 14 heavy (non-hydrogen) atoms. The first-order chi connectivity index (χ1) is 6.61. The number of rotatable bonds is 4. The van der Waals surface area contributed by atoms with Crippen molar-refractivity contribution in [2.45, 2.75) is 6.42 Å². The van der Waals surface area contributed by atoms with E-state index in [4.69, 9.17) is 10.5 Å². The third-order valence-electron chi connectivity index (χ3n) is 1.51. The van der Waals surface area contributed by atoms with Crippen LogP contribution >= 0.6 is 0 Å². The average molecular weight is 201 g/mol. The lowest BCUT2D eigenvalue weighted by atomic mass is 10.3. The van der Waals surface area contributed by atoms with E-state index in [1.807, 2.05) is 0 Å². The van der Waals surface area contributed by atoms with Crippen LogP contribution in [0.2, 0.25) is 0 Å². The number of carbonyl (C=O) groups is 1. The number of halogens is 2. The van der Waals surface area contributed by atoms with E-state index < -0.39 is 23.3 Å². The maximum Gasteiger partial charge on any atom is 0.220 e. The zero-order valence-electron chi connectivity index (χ0n) is 7.30. The van der Waals surface area contributed by atoms with E-state index >= 15 is 0 Å². The summed E-state index contributed by atoms with van der Waals surface area (Å²) in [7, 11) is 0. The molecule has 2 N–H and O–H groups in total. The first-order valence-electron chi connectivity index (χ1n) is 3.96. The number of ether oxygens (including phenoxy) is 1. The van der Waals surface area contributed by atoms with Crippen LogP contribution in [0.25, 0.3) is 0 Å². The van der Waals surface area contributed by atoms with Gasteiger partial charge in [0.1, 0.15) is 0 Å². The molecule has 0 radical (unpaired) electrons. The van der Waals surface area contributed by atoms with Crippen LogP contribution in [0.3, 0.4) is 0 Å². The molecule has 0 heterocycles. The van der Waals surface area contributed by atoms with Crippen molar-refractivity contribution in [2.24, 2.45) is 5.73 Å². The van der Waals surface area contributed by atoms with E-state index in [0.717, 1.165) is 12.1 Å². The van der Waals surface area contributed by atoms with Crippen LogP contribution in [0.15, 0.2) is 18.2 Å². The molecule has 0 aliphatic heterocycles. The number of hydrogen-bond donors (Lipinski definition) is 1. The summed E-state index contributed by atoms with van der Waals surface area (Å²) in [5.41, 5.74) is 4.83. The van der Waals surface area contributed by atoms with Gasteiger partial charge in [-0.2, -0.15) is 0 Å². The molecule has 0 saturated heterocycles. The maximum atomic E-state index is 12.9. The topological polar surface area (TPSA) is 52.3 Å². The molecule has 0 fully saturated rings. The lowest BCUT2D eigenvalue weighted by molar-refractivity contribution is -0.118. The highest BCUT2D eigenvalue weighted by Crippen LogP contribution is 2.20. The Kier molecular flexibility index (Phi) is 3.39. The third kappa shape index (κ3) is 2.69. The van der Waals surface area contributed by atoms with Crippen molar-refractivity contribution >= 4 is 5.91 Å². The molecule has 0 aliphatic carbocycles. The second-order valence-corrected chi connectivity index (χ2v) is 2.62. The molecule has 3 nitrogen and oxygen atoms in total. The van der Waals surface area contributed by atoms with Gasteiger partial charge in [0.05, 0.1) is 13.0 Å². The van der Waals surface area contributed by atoms with Gasteiger partial charge in [0.25, 0.3) is 0 Å². The smallest absolute Gasteiger partial charge is 0.220 e. The van der Waals surface area contributed by atoms with Crippen molar-refractivity contribution in [1.29, 1.82) is 0 Å². The summed E-state index contributed by atoms with van der Waals surface area (Å²) < 4.78 is 30.5. The maximum absolute atomic E-state index is 12.9. The molecule has 1 rings (SSSR count). The molecule has 0 aliphatic rings. The molecule has 5 heteroatoms. The van der Waals surface area contributed by atoms with Crippen molar-refractivity contribution < 1.29 is 18.3 Å². The van der Waals surface area contributed by atoms with Gasteiger partial charge in [-0.3, -0.25) is 4.79 Å². The van der Waals surface area contributed by atoms with Crippen LogP contribution in [-0.4, -0.2) is 12.5 Å². The summed E-state index contributed by atoms with van der Waals surface area (Å²) in [6.07, 6.45) is -0.0756. The Hall–Kier alpha value is -1.65. The Bertz CT molecular complexity index is 321. The predicted octanol–water partition coefficient (Wildman–Crippen LogP) is 1.22. The summed E-state index contributed by atoms with van der Waals surface area (Å²) in [5, 5.41) is 0. The van der Waals surface area contributed by atoms with Crippen molar-refractivity contribution in [2.75, 3.05) is 6.61 Å². The SMILES string of the molecule is NC(=O)CCOc1c(F)cccc1F. The van der Waals surface area contributed by atoms with Gasteiger partial charge in [0, 0.05) is 0 Å². The fourth-order valence-corrected chi connectivity index (χ4v) is 0.874. The van der Waals surface area contributed by atoms with Crippen LogP contribution in [0.4, 0.5) is 8.78 Å². The number of carbonyl (C=O) groups excluding carboxylic acids is 1. The lowest BCUT2D eigenvalue weighted by Crippen LogP contribution is -2.15. The van der Waals surface area contributed by atoms with E-state index in [9.17, 15) is 13.6 Å². The standard InChI is InChI=1S/C9H9F2NO2/c10-6-2-1-3-7(11)9(6)14-5-4-8(12)13/h1-3H,4-5H2,(H2,12,13). The van der Waals surface area contributed by atoms with Crippen molar-refractivity contribution in [3.05, 3.63) is 29.8 Å². The normalized spacial score (nSPS) is 9.86. The highest BCUT2D eigenvalue weighted by molar-refractivity contribution is 5.73. The fourth-order valence-electron chi connectivity index (χ4n) is 0.874. The Morgan fingerprint density at radius 2 is 1.93 bits per heavy atom. The van der Waals surface area contributed by atoms with Gasteiger partial charge in [-0.25, -0.2) is 8.78 Å². The van der Waals surface area contributed by atoms with E-state index in [2.05, 4.69) is 0 Å². The molecule has 1 aromatic rings. The summed E-state index contributed by atoms with van der Waals surface area (Å²) in [6, 6.07) is 3.37. The highest BCUT2D eigenvalue weighted by atomic mass is 19.1. The molecular formula is C9H9F2NO2. The largest absolute Gasteiger partial charge is 0.487 e. The third-order valence-corrected chi connectivity index (χ3v) is 1.51. The molecule has 1 aromatic carbocycles. The summed E-state index contributed by atoms with van der Waals surface area (Å²) >= 11 is 0. The van der Waals surface area contributed by atoms with Gasteiger partial charge in [-0.15, -0.1) is 0 Å². The second-order valence-electron chi connectivity index (χ2n) is 2.62. The Morgan fingerprint density at radius 1 is 1.36 bits per heavy atom. The van der Waals surface area contributed by atoms with Gasteiger partial charge in [0.15, 0.2) is 17.4 Å². The van der Waals surface area contributed by atoms with Gasteiger partial charge < -0.3 is 10.5 Å². The number of primary amides is 1. The molecule has 0 atom stereocenters. The van der Waals surface area contributed by atoms with Crippen LogP contribution in [0.1, 0.15) is 6.42 Å². The minimum Gasteiger partial charge on any atom is -0.487 e. The van der Waals surface area contributed by atoms with Gasteiger partial charge in [-0.05, 0) is 12.1 Å². The molecular weight excluding hydrogens is 192 g/mol. The summed E-state index contributed by atoms with van der Waals surface area (Å²) in [4.78, 5) is 10.3. The zero-order valence-corrected chi connectivity index (χ0v) is 7.30. The highest BCUT2D eigenvalue weighted by Gasteiger charge is 2.09. The number of para-hydroxylation sites is 1. The van der Waals surface area contributed by atoms with Crippen molar-refractivity contribution in [3.63, 3.8) is 0 Å². The Morgan fingerprint density at radius 3 is 2.43 bits per heavy atom. The molecule has 1 amide bonds. The fraction of sp³-hybridized carbons (Fsp3) is 0.222. The minimum atomic E-state index is -0.797. The van der Waals surface area contributed by atoms with Crippen LogP contribution < -0.4 is 10.5 Å². The van der Waals surface area contributed by atoms with Crippen LogP contribution in [0.5, 0.6) is 5.75 Å². The second kappa shape index (κ2) is 4.55. The Balaban J connectivity index is 2.62. The minimum absolute atomic E-state index is 0.0756. The van der Waals surface area contributed by atoms with Crippen LogP contribution in [-0.2, 0) is 4.79 Å².